The van der Waals surface area contributed by atoms with Gasteiger partial charge in [-0.3, -0.25) is 0 Å². The molecule has 0 saturated heterocycles. The van der Waals surface area contributed by atoms with Crippen LogP contribution in [0.5, 0.6) is 0 Å². The highest BCUT2D eigenvalue weighted by Gasteiger charge is 2.32. The maximum absolute atomic E-state index is 13.6. The van der Waals surface area contributed by atoms with E-state index in [2.05, 4.69) is 5.32 Å². The number of rotatable bonds is 5. The fraction of sp³-hybridized carbons (Fsp3) is 0.600. The predicted octanol–water partition coefficient (Wildman–Crippen LogP) is 3.26. The molecule has 18 heavy (non-hydrogen) atoms. The Labute approximate surface area is 109 Å². The first-order valence-corrected chi connectivity index (χ1v) is 6.78. The maximum atomic E-state index is 13.6. The lowest BCUT2D eigenvalue weighted by Crippen LogP contribution is -2.43. The summed E-state index contributed by atoms with van der Waals surface area (Å²) < 4.78 is 19.6. The Balaban J connectivity index is 1.99. The van der Waals surface area contributed by atoms with E-state index in [0.29, 0.717) is 12.2 Å². The quantitative estimate of drug-likeness (QED) is 0.867. The van der Waals surface area contributed by atoms with Crippen molar-refractivity contribution < 1.29 is 9.13 Å². The summed E-state index contributed by atoms with van der Waals surface area (Å²) >= 11 is 0. The number of halogens is 1. The summed E-state index contributed by atoms with van der Waals surface area (Å²) in [5.41, 5.74) is 0.550. The second kappa shape index (κ2) is 6.30. The van der Waals surface area contributed by atoms with Gasteiger partial charge in [0.25, 0.3) is 0 Å². The van der Waals surface area contributed by atoms with Crippen molar-refractivity contribution in [2.24, 2.45) is 0 Å². The molecule has 2 nitrogen and oxygen atoms in total. The molecule has 2 rings (SSSR count). The van der Waals surface area contributed by atoms with Gasteiger partial charge in [-0.2, -0.15) is 0 Å². The molecular weight excluding hydrogens is 229 g/mol. The molecule has 0 spiro atoms. The number of likely N-dealkylation sites (N-methyl/N-ethyl adjacent to an activating group) is 1. The molecule has 1 aromatic rings. The molecular formula is C15H22FNO. The minimum absolute atomic E-state index is 0.102. The molecule has 0 bridgehead atoms. The van der Waals surface area contributed by atoms with Gasteiger partial charge in [0.15, 0.2) is 0 Å². The summed E-state index contributed by atoms with van der Waals surface area (Å²) in [7, 11) is 1.95. The molecule has 0 aliphatic heterocycles. The molecule has 1 aromatic carbocycles. The summed E-state index contributed by atoms with van der Waals surface area (Å²) in [5, 5.41) is 3.21. The van der Waals surface area contributed by atoms with E-state index in [1.54, 1.807) is 12.1 Å². The van der Waals surface area contributed by atoms with Crippen molar-refractivity contribution in [3.05, 3.63) is 35.6 Å². The summed E-state index contributed by atoms with van der Waals surface area (Å²) in [4.78, 5) is 0. The monoisotopic (exact) mass is 251 g/mol. The molecule has 0 amide bonds. The number of ether oxygens (including phenoxy) is 1. The zero-order chi connectivity index (χ0) is 12.8. The van der Waals surface area contributed by atoms with Crippen LogP contribution in [-0.4, -0.2) is 19.2 Å². The van der Waals surface area contributed by atoms with Crippen molar-refractivity contribution in [3.63, 3.8) is 0 Å². The van der Waals surface area contributed by atoms with Crippen LogP contribution in [0.3, 0.4) is 0 Å². The fourth-order valence-electron chi connectivity index (χ4n) is 2.74. The third kappa shape index (κ3) is 3.30. The fourth-order valence-corrected chi connectivity index (χ4v) is 2.74. The SMILES string of the molecule is CNCC1(OCc2ccccc2F)CCCCC1. The van der Waals surface area contributed by atoms with Crippen LogP contribution in [0.25, 0.3) is 0 Å². The van der Waals surface area contributed by atoms with E-state index in [9.17, 15) is 4.39 Å². The molecule has 0 unspecified atom stereocenters. The zero-order valence-corrected chi connectivity index (χ0v) is 11.0. The molecule has 0 atom stereocenters. The normalized spacial score (nSPS) is 18.8. The van der Waals surface area contributed by atoms with E-state index in [1.807, 2.05) is 13.1 Å². The Morgan fingerprint density at radius 3 is 2.61 bits per heavy atom. The van der Waals surface area contributed by atoms with Gasteiger partial charge in [0.1, 0.15) is 5.82 Å². The molecule has 1 N–H and O–H groups in total. The number of hydrogen-bond donors (Lipinski definition) is 1. The van der Waals surface area contributed by atoms with Gasteiger partial charge in [-0.1, -0.05) is 37.5 Å². The average molecular weight is 251 g/mol. The highest BCUT2D eigenvalue weighted by Crippen LogP contribution is 2.32. The average Bonchev–Trinajstić information content (AvgIpc) is 2.39. The predicted molar refractivity (Wildman–Crippen MR) is 70.9 cm³/mol. The lowest BCUT2D eigenvalue weighted by atomic mass is 9.84. The lowest BCUT2D eigenvalue weighted by molar-refractivity contribution is -0.0783. The Kier molecular flexibility index (Phi) is 4.72. The summed E-state index contributed by atoms with van der Waals surface area (Å²) in [5.74, 6) is -0.173. The van der Waals surface area contributed by atoms with Gasteiger partial charge < -0.3 is 10.1 Å². The van der Waals surface area contributed by atoms with E-state index in [1.165, 1.54) is 25.3 Å². The third-order valence-corrected chi connectivity index (χ3v) is 3.76. The van der Waals surface area contributed by atoms with Crippen molar-refractivity contribution in [2.45, 2.75) is 44.3 Å². The van der Waals surface area contributed by atoms with Gasteiger partial charge in [-0.25, -0.2) is 4.39 Å². The molecule has 1 aliphatic carbocycles. The molecule has 100 valence electrons. The molecule has 1 aliphatic rings. The lowest BCUT2D eigenvalue weighted by Gasteiger charge is -2.37. The second-order valence-corrected chi connectivity index (χ2v) is 5.15. The molecule has 1 saturated carbocycles. The van der Waals surface area contributed by atoms with Gasteiger partial charge in [-0.15, -0.1) is 0 Å². The Bertz CT molecular complexity index is 369. The van der Waals surface area contributed by atoms with Crippen LogP contribution >= 0.6 is 0 Å². The summed E-state index contributed by atoms with van der Waals surface area (Å²) in [6.07, 6.45) is 5.84. The van der Waals surface area contributed by atoms with E-state index in [-0.39, 0.29) is 11.4 Å². The number of benzene rings is 1. The number of hydrogen-bond acceptors (Lipinski definition) is 2. The standard InChI is InChI=1S/C15H22FNO/c1-17-12-15(9-5-2-6-10-15)18-11-13-7-3-4-8-14(13)16/h3-4,7-8,17H,2,5-6,9-12H2,1H3. The first-order valence-electron chi connectivity index (χ1n) is 6.78. The van der Waals surface area contributed by atoms with Crippen molar-refractivity contribution in [2.75, 3.05) is 13.6 Å². The largest absolute Gasteiger partial charge is 0.369 e. The second-order valence-electron chi connectivity index (χ2n) is 5.15. The van der Waals surface area contributed by atoms with E-state index >= 15 is 0 Å². The smallest absolute Gasteiger partial charge is 0.128 e. The molecule has 0 aromatic heterocycles. The third-order valence-electron chi connectivity index (χ3n) is 3.76. The Hall–Kier alpha value is -0.930. The van der Waals surface area contributed by atoms with Crippen LogP contribution in [0.2, 0.25) is 0 Å². The van der Waals surface area contributed by atoms with Crippen molar-refractivity contribution >= 4 is 0 Å². The summed E-state index contributed by atoms with van der Waals surface area (Å²) in [6, 6.07) is 6.85. The maximum Gasteiger partial charge on any atom is 0.128 e. The van der Waals surface area contributed by atoms with Crippen LogP contribution in [0, 0.1) is 5.82 Å². The van der Waals surface area contributed by atoms with E-state index in [0.717, 1.165) is 19.4 Å². The molecule has 0 radical (unpaired) electrons. The Morgan fingerprint density at radius 1 is 1.22 bits per heavy atom. The minimum Gasteiger partial charge on any atom is -0.369 e. The van der Waals surface area contributed by atoms with Gasteiger partial charge >= 0.3 is 0 Å². The van der Waals surface area contributed by atoms with Crippen molar-refractivity contribution in [1.29, 1.82) is 0 Å². The first kappa shape index (κ1) is 13.5. The molecule has 0 heterocycles. The zero-order valence-electron chi connectivity index (χ0n) is 11.0. The van der Waals surface area contributed by atoms with Gasteiger partial charge in [0.2, 0.25) is 0 Å². The molecule has 1 fully saturated rings. The van der Waals surface area contributed by atoms with E-state index < -0.39 is 0 Å². The van der Waals surface area contributed by atoms with E-state index in [4.69, 9.17) is 4.74 Å². The highest BCUT2D eigenvalue weighted by atomic mass is 19.1. The van der Waals surface area contributed by atoms with Gasteiger partial charge in [0.05, 0.1) is 12.2 Å². The number of nitrogens with one attached hydrogen (secondary N) is 1. The van der Waals surface area contributed by atoms with Gasteiger partial charge in [0, 0.05) is 12.1 Å². The highest BCUT2D eigenvalue weighted by molar-refractivity contribution is 5.16. The van der Waals surface area contributed by atoms with Crippen molar-refractivity contribution in [3.8, 4) is 0 Å². The first-order chi connectivity index (χ1) is 8.76. The summed E-state index contributed by atoms with van der Waals surface area (Å²) in [6.45, 7) is 1.22. The van der Waals surface area contributed by atoms with Crippen LogP contribution in [0.15, 0.2) is 24.3 Å². The Morgan fingerprint density at radius 2 is 1.94 bits per heavy atom. The van der Waals surface area contributed by atoms with Crippen LogP contribution in [0.1, 0.15) is 37.7 Å². The van der Waals surface area contributed by atoms with Crippen LogP contribution in [-0.2, 0) is 11.3 Å². The minimum atomic E-state index is -0.173. The van der Waals surface area contributed by atoms with Crippen LogP contribution in [0.4, 0.5) is 4.39 Å². The topological polar surface area (TPSA) is 21.3 Å². The van der Waals surface area contributed by atoms with Gasteiger partial charge in [-0.05, 0) is 26.0 Å². The van der Waals surface area contributed by atoms with Crippen LogP contribution < -0.4 is 5.32 Å². The molecule has 3 heteroatoms. The van der Waals surface area contributed by atoms with Crippen molar-refractivity contribution in [1.82, 2.24) is 5.32 Å².